The number of aromatic nitrogens is 2. The van der Waals surface area contributed by atoms with Crippen LogP contribution in [0.5, 0.6) is 0 Å². The lowest BCUT2D eigenvalue weighted by atomic mass is 10.1. The second-order valence-corrected chi connectivity index (χ2v) is 6.93. The van der Waals surface area contributed by atoms with E-state index in [1.165, 1.54) is 5.39 Å². The molecule has 0 aliphatic heterocycles. The van der Waals surface area contributed by atoms with Gasteiger partial charge in [-0.15, -0.1) is 0 Å². The van der Waals surface area contributed by atoms with E-state index in [2.05, 4.69) is 71.4 Å². The molecule has 0 saturated carbocycles. The van der Waals surface area contributed by atoms with Gasteiger partial charge >= 0.3 is 0 Å². The minimum atomic E-state index is 0.786. The van der Waals surface area contributed by atoms with Crippen LogP contribution >= 0.6 is 31.9 Å². The maximum Gasteiger partial charge on any atom is 0.141 e. The first kappa shape index (κ1) is 14.6. The number of nitrogens with zero attached hydrogens (tertiary/aromatic N) is 2. The Hall–Kier alpha value is -1.98. The van der Waals surface area contributed by atoms with Gasteiger partial charge in [-0.1, -0.05) is 52.3 Å². The summed E-state index contributed by atoms with van der Waals surface area (Å²) in [6, 6.07) is 18.5. The monoisotopic (exact) mass is 427 g/mol. The van der Waals surface area contributed by atoms with Crippen LogP contribution in [-0.2, 0) is 0 Å². The normalized spacial score (nSPS) is 11.0. The molecule has 1 aromatic heterocycles. The highest BCUT2D eigenvalue weighted by Crippen LogP contribution is 2.33. The highest BCUT2D eigenvalue weighted by molar-refractivity contribution is 9.11. The lowest BCUT2D eigenvalue weighted by molar-refractivity contribution is 1.21. The molecule has 23 heavy (non-hydrogen) atoms. The lowest BCUT2D eigenvalue weighted by Gasteiger charge is -2.11. The maximum absolute atomic E-state index is 4.43. The van der Waals surface area contributed by atoms with Crippen molar-refractivity contribution in [2.45, 2.75) is 0 Å². The average Bonchev–Trinajstić information content (AvgIpc) is 2.56. The van der Waals surface area contributed by atoms with Crippen molar-refractivity contribution in [2.24, 2.45) is 0 Å². The molecule has 0 fully saturated rings. The van der Waals surface area contributed by atoms with E-state index in [4.69, 9.17) is 0 Å². The number of benzene rings is 3. The Morgan fingerprint density at radius 2 is 1.65 bits per heavy atom. The Labute approximate surface area is 150 Å². The molecule has 0 radical (unpaired) electrons. The third-order valence-corrected chi connectivity index (χ3v) is 4.76. The molecule has 0 unspecified atom stereocenters. The van der Waals surface area contributed by atoms with Crippen molar-refractivity contribution in [2.75, 3.05) is 5.32 Å². The maximum atomic E-state index is 4.43. The summed E-state index contributed by atoms with van der Waals surface area (Å²) in [6.07, 6.45) is 1.58. The molecule has 0 saturated heterocycles. The second kappa shape index (κ2) is 5.91. The van der Waals surface area contributed by atoms with Gasteiger partial charge in [0.1, 0.15) is 12.1 Å². The molecule has 3 nitrogen and oxygen atoms in total. The summed E-state index contributed by atoms with van der Waals surface area (Å²) in [6.45, 7) is 0. The molecule has 0 spiro atoms. The van der Waals surface area contributed by atoms with Crippen molar-refractivity contribution in [3.8, 4) is 0 Å². The van der Waals surface area contributed by atoms with E-state index in [1.807, 2.05) is 30.3 Å². The van der Waals surface area contributed by atoms with Crippen molar-refractivity contribution in [3.63, 3.8) is 0 Å². The molecule has 1 heterocycles. The molecular formula is C18H11Br2N3. The smallest absolute Gasteiger partial charge is 0.141 e. The minimum absolute atomic E-state index is 0.786. The van der Waals surface area contributed by atoms with Gasteiger partial charge in [-0.05, 0) is 39.5 Å². The van der Waals surface area contributed by atoms with E-state index in [9.17, 15) is 0 Å². The number of halogens is 2. The Kier molecular flexibility index (Phi) is 3.75. The first-order valence-electron chi connectivity index (χ1n) is 7.07. The predicted molar refractivity (Wildman–Crippen MR) is 102 cm³/mol. The number of nitrogens with one attached hydrogen (secondary N) is 1. The van der Waals surface area contributed by atoms with E-state index in [-0.39, 0.29) is 0 Å². The summed E-state index contributed by atoms with van der Waals surface area (Å²) < 4.78 is 1.91. The summed E-state index contributed by atoms with van der Waals surface area (Å²) in [5, 5.41) is 6.77. The van der Waals surface area contributed by atoms with Gasteiger partial charge in [0.25, 0.3) is 0 Å². The second-order valence-electron chi connectivity index (χ2n) is 5.16. The predicted octanol–water partition coefficient (Wildman–Crippen LogP) is 6.05. The zero-order valence-electron chi connectivity index (χ0n) is 11.9. The average molecular weight is 429 g/mol. The molecule has 0 atom stereocenters. The van der Waals surface area contributed by atoms with Gasteiger partial charge in [-0.2, -0.15) is 0 Å². The number of hydrogen-bond donors (Lipinski definition) is 1. The third kappa shape index (κ3) is 2.71. The third-order valence-electron chi connectivity index (χ3n) is 3.70. The van der Waals surface area contributed by atoms with Crippen LogP contribution in [-0.4, -0.2) is 9.97 Å². The quantitative estimate of drug-likeness (QED) is 0.422. The zero-order chi connectivity index (χ0) is 15.8. The largest absolute Gasteiger partial charge is 0.339 e. The molecule has 4 rings (SSSR count). The molecule has 0 aliphatic carbocycles. The fourth-order valence-electron chi connectivity index (χ4n) is 2.65. The molecule has 5 heteroatoms. The van der Waals surface area contributed by atoms with Crippen LogP contribution in [0.15, 0.2) is 69.9 Å². The van der Waals surface area contributed by atoms with Crippen molar-refractivity contribution in [1.29, 1.82) is 0 Å². The SMILES string of the molecule is Brc1cc(Br)c2ncnc(Nc3cccc4ccccc34)c2c1. The molecule has 0 aliphatic rings. The van der Waals surface area contributed by atoms with Gasteiger partial charge in [-0.25, -0.2) is 9.97 Å². The summed E-state index contributed by atoms with van der Waals surface area (Å²) in [4.78, 5) is 8.79. The van der Waals surface area contributed by atoms with Gasteiger partial charge in [0, 0.05) is 25.4 Å². The molecule has 4 aromatic rings. The van der Waals surface area contributed by atoms with Crippen molar-refractivity contribution < 1.29 is 0 Å². The van der Waals surface area contributed by atoms with Gasteiger partial charge in [0.05, 0.1) is 5.52 Å². The molecule has 0 amide bonds. The Morgan fingerprint density at radius 3 is 2.57 bits per heavy atom. The molecular weight excluding hydrogens is 418 g/mol. The van der Waals surface area contributed by atoms with E-state index in [1.54, 1.807) is 6.33 Å². The molecule has 112 valence electrons. The first-order valence-corrected chi connectivity index (χ1v) is 8.65. The van der Waals surface area contributed by atoms with Gasteiger partial charge in [0.15, 0.2) is 0 Å². The molecule has 3 aromatic carbocycles. The van der Waals surface area contributed by atoms with E-state index in [0.717, 1.165) is 36.7 Å². The van der Waals surface area contributed by atoms with Crippen molar-refractivity contribution >= 4 is 65.0 Å². The summed E-state index contributed by atoms with van der Waals surface area (Å²) >= 11 is 7.09. The molecule has 1 N–H and O–H groups in total. The van der Waals surface area contributed by atoms with Gasteiger partial charge < -0.3 is 5.32 Å². The Balaban J connectivity index is 1.90. The zero-order valence-corrected chi connectivity index (χ0v) is 15.1. The van der Waals surface area contributed by atoms with Crippen LogP contribution in [0.2, 0.25) is 0 Å². The van der Waals surface area contributed by atoms with Crippen molar-refractivity contribution in [3.05, 3.63) is 69.9 Å². The molecule has 0 bridgehead atoms. The van der Waals surface area contributed by atoms with Crippen LogP contribution in [0.4, 0.5) is 11.5 Å². The van der Waals surface area contributed by atoms with Gasteiger partial charge in [-0.3, -0.25) is 0 Å². The fourth-order valence-corrected chi connectivity index (χ4v) is 3.98. The van der Waals surface area contributed by atoms with Crippen LogP contribution in [0.25, 0.3) is 21.7 Å². The van der Waals surface area contributed by atoms with Crippen LogP contribution in [0, 0.1) is 0 Å². The first-order chi connectivity index (χ1) is 11.2. The highest BCUT2D eigenvalue weighted by Gasteiger charge is 2.09. The minimum Gasteiger partial charge on any atom is -0.339 e. The standard InChI is InChI=1S/C18H11Br2N3/c19-12-8-14-17(15(20)9-12)21-10-22-18(14)23-16-7-3-5-11-4-1-2-6-13(11)16/h1-10H,(H,21,22,23). The Bertz CT molecular complexity index is 1030. The topological polar surface area (TPSA) is 37.8 Å². The van der Waals surface area contributed by atoms with E-state index in [0.29, 0.717) is 0 Å². The van der Waals surface area contributed by atoms with Gasteiger partial charge in [0.2, 0.25) is 0 Å². The number of hydrogen-bond acceptors (Lipinski definition) is 3. The number of anilines is 2. The Morgan fingerprint density at radius 1 is 0.826 bits per heavy atom. The fraction of sp³-hybridized carbons (Fsp3) is 0. The highest BCUT2D eigenvalue weighted by atomic mass is 79.9. The summed E-state index contributed by atoms with van der Waals surface area (Å²) in [5.74, 6) is 0.786. The summed E-state index contributed by atoms with van der Waals surface area (Å²) in [5.41, 5.74) is 1.91. The number of rotatable bonds is 2. The van der Waals surface area contributed by atoms with Crippen LogP contribution < -0.4 is 5.32 Å². The van der Waals surface area contributed by atoms with E-state index >= 15 is 0 Å². The van der Waals surface area contributed by atoms with Crippen LogP contribution in [0.3, 0.4) is 0 Å². The van der Waals surface area contributed by atoms with Crippen LogP contribution in [0.1, 0.15) is 0 Å². The summed E-state index contributed by atoms with van der Waals surface area (Å²) in [7, 11) is 0. The lowest BCUT2D eigenvalue weighted by Crippen LogP contribution is -1.97. The van der Waals surface area contributed by atoms with E-state index < -0.39 is 0 Å². The van der Waals surface area contributed by atoms with Crippen molar-refractivity contribution in [1.82, 2.24) is 9.97 Å². The number of fused-ring (bicyclic) bond motifs is 2.